The van der Waals surface area contributed by atoms with E-state index >= 15 is 0 Å². The van der Waals surface area contributed by atoms with Gasteiger partial charge in [0.05, 0.1) is 22.4 Å². The zero-order valence-electron chi connectivity index (χ0n) is 27.8. The van der Waals surface area contributed by atoms with Crippen LogP contribution < -0.4 is 4.90 Å². The molecule has 0 N–H and O–H groups in total. The SMILES string of the molecule is c1ccc(-c2cccc(N(c3ccc(-c4ccccc4-n4c5ccccc5c5ccccc54)cc3)c3cccc4sc5ccccc5c34)c2)cc1. The normalized spacial score (nSPS) is 11.5. The van der Waals surface area contributed by atoms with E-state index in [1.807, 2.05) is 11.3 Å². The van der Waals surface area contributed by atoms with Gasteiger partial charge in [-0.2, -0.15) is 0 Å². The van der Waals surface area contributed by atoms with Gasteiger partial charge in [0.25, 0.3) is 0 Å². The minimum absolute atomic E-state index is 1.11. The Hall–Kier alpha value is -6.42. The molecule has 0 bridgehead atoms. The van der Waals surface area contributed by atoms with Crippen LogP contribution in [0.1, 0.15) is 0 Å². The first kappa shape index (κ1) is 29.5. The molecule has 0 unspecified atom stereocenters. The van der Waals surface area contributed by atoms with Gasteiger partial charge in [0.15, 0.2) is 0 Å². The Kier molecular flexibility index (Phi) is 7.04. The maximum Gasteiger partial charge on any atom is 0.0554 e. The molecule has 3 heteroatoms. The number of nitrogens with zero attached hydrogens (tertiary/aromatic N) is 2. The lowest BCUT2D eigenvalue weighted by atomic mass is 10.0. The van der Waals surface area contributed by atoms with Crippen molar-refractivity contribution < 1.29 is 0 Å². The molecule has 10 aromatic rings. The summed E-state index contributed by atoms with van der Waals surface area (Å²) < 4.78 is 5.00. The molecule has 0 amide bonds. The van der Waals surface area contributed by atoms with Crippen LogP contribution in [0.2, 0.25) is 0 Å². The van der Waals surface area contributed by atoms with Gasteiger partial charge in [0.2, 0.25) is 0 Å². The summed E-state index contributed by atoms with van der Waals surface area (Å²) in [6.07, 6.45) is 0. The predicted molar refractivity (Wildman–Crippen MR) is 219 cm³/mol. The highest BCUT2D eigenvalue weighted by atomic mass is 32.1. The number of anilines is 3. The molecule has 0 aliphatic heterocycles. The van der Waals surface area contributed by atoms with E-state index in [-0.39, 0.29) is 0 Å². The highest BCUT2D eigenvalue weighted by Crippen LogP contribution is 2.46. The van der Waals surface area contributed by atoms with Crippen molar-refractivity contribution in [3.8, 4) is 27.9 Å². The second-order valence-corrected chi connectivity index (χ2v) is 14.0. The highest BCUT2D eigenvalue weighted by Gasteiger charge is 2.20. The molecular formula is C48H32N2S. The number of para-hydroxylation sites is 3. The summed E-state index contributed by atoms with van der Waals surface area (Å²) in [7, 11) is 0. The average Bonchev–Trinajstić information content (AvgIpc) is 3.75. The molecule has 2 aromatic heterocycles. The van der Waals surface area contributed by atoms with Gasteiger partial charge in [-0.25, -0.2) is 0 Å². The van der Waals surface area contributed by atoms with Crippen molar-refractivity contribution >= 4 is 70.4 Å². The number of fused-ring (bicyclic) bond motifs is 6. The van der Waals surface area contributed by atoms with Gasteiger partial charge >= 0.3 is 0 Å². The van der Waals surface area contributed by atoms with E-state index in [0.29, 0.717) is 0 Å². The fourth-order valence-corrected chi connectivity index (χ4v) is 8.84. The quantitative estimate of drug-likeness (QED) is 0.171. The molecule has 0 fully saturated rings. The smallest absolute Gasteiger partial charge is 0.0554 e. The highest BCUT2D eigenvalue weighted by molar-refractivity contribution is 7.26. The largest absolute Gasteiger partial charge is 0.310 e. The molecule has 0 spiro atoms. The lowest BCUT2D eigenvalue weighted by Crippen LogP contribution is -2.10. The van der Waals surface area contributed by atoms with E-state index in [1.165, 1.54) is 75.6 Å². The predicted octanol–water partition coefficient (Wildman–Crippen LogP) is 14.0. The van der Waals surface area contributed by atoms with Crippen LogP contribution in [-0.4, -0.2) is 4.57 Å². The molecule has 240 valence electrons. The van der Waals surface area contributed by atoms with E-state index < -0.39 is 0 Å². The van der Waals surface area contributed by atoms with Crippen LogP contribution in [0, 0.1) is 0 Å². The lowest BCUT2D eigenvalue weighted by Gasteiger charge is -2.27. The monoisotopic (exact) mass is 668 g/mol. The summed E-state index contributed by atoms with van der Waals surface area (Å²) in [5.41, 5.74) is 11.8. The van der Waals surface area contributed by atoms with Crippen LogP contribution in [0.15, 0.2) is 194 Å². The molecule has 0 radical (unpaired) electrons. The number of hydrogen-bond donors (Lipinski definition) is 0. The summed E-state index contributed by atoms with van der Waals surface area (Å²) in [5, 5.41) is 5.10. The molecule has 8 aromatic carbocycles. The zero-order chi connectivity index (χ0) is 33.7. The van der Waals surface area contributed by atoms with Crippen molar-refractivity contribution in [2.75, 3.05) is 4.90 Å². The van der Waals surface area contributed by atoms with E-state index in [1.54, 1.807) is 0 Å². The summed E-state index contributed by atoms with van der Waals surface area (Å²) in [4.78, 5) is 2.43. The first-order valence-corrected chi connectivity index (χ1v) is 18.2. The third-order valence-corrected chi connectivity index (χ3v) is 11.1. The van der Waals surface area contributed by atoms with Crippen molar-refractivity contribution in [3.63, 3.8) is 0 Å². The molecule has 10 rings (SSSR count). The fraction of sp³-hybridized carbons (Fsp3) is 0. The maximum atomic E-state index is 2.43. The van der Waals surface area contributed by atoms with Gasteiger partial charge in [-0.05, 0) is 77.4 Å². The molecule has 51 heavy (non-hydrogen) atoms. The van der Waals surface area contributed by atoms with Gasteiger partial charge in [-0.3, -0.25) is 0 Å². The summed E-state index contributed by atoms with van der Waals surface area (Å²) >= 11 is 1.86. The van der Waals surface area contributed by atoms with Crippen LogP contribution in [0.5, 0.6) is 0 Å². The second kappa shape index (κ2) is 12.2. The molecule has 0 saturated carbocycles. The van der Waals surface area contributed by atoms with Crippen molar-refractivity contribution in [2.24, 2.45) is 0 Å². The van der Waals surface area contributed by atoms with Crippen molar-refractivity contribution in [1.29, 1.82) is 0 Å². The van der Waals surface area contributed by atoms with Gasteiger partial charge in [-0.15, -0.1) is 11.3 Å². The van der Waals surface area contributed by atoms with Gasteiger partial charge in [0, 0.05) is 47.9 Å². The third-order valence-electron chi connectivity index (χ3n) is 9.99. The molecule has 2 heterocycles. The topological polar surface area (TPSA) is 8.17 Å². The molecule has 2 nitrogen and oxygen atoms in total. The number of benzene rings is 8. The number of thiophene rings is 1. The minimum Gasteiger partial charge on any atom is -0.310 e. The number of aromatic nitrogens is 1. The van der Waals surface area contributed by atoms with Crippen LogP contribution in [0.3, 0.4) is 0 Å². The molecule has 0 saturated heterocycles. The Morgan fingerprint density at radius 2 is 1.00 bits per heavy atom. The van der Waals surface area contributed by atoms with E-state index in [2.05, 4.69) is 204 Å². The molecule has 0 atom stereocenters. The summed E-state index contributed by atoms with van der Waals surface area (Å²) in [6.45, 7) is 0. The van der Waals surface area contributed by atoms with Crippen LogP contribution in [0.4, 0.5) is 17.1 Å². The summed E-state index contributed by atoms with van der Waals surface area (Å²) in [6, 6.07) is 70.3. The average molecular weight is 669 g/mol. The van der Waals surface area contributed by atoms with Crippen molar-refractivity contribution in [2.45, 2.75) is 0 Å². The zero-order valence-corrected chi connectivity index (χ0v) is 28.6. The Morgan fingerprint density at radius 3 is 1.78 bits per heavy atom. The van der Waals surface area contributed by atoms with E-state index in [0.717, 1.165) is 11.4 Å². The Morgan fingerprint density at radius 1 is 0.392 bits per heavy atom. The summed E-state index contributed by atoms with van der Waals surface area (Å²) in [5.74, 6) is 0. The molecular weight excluding hydrogens is 637 g/mol. The Bertz CT molecular complexity index is 2810. The van der Waals surface area contributed by atoms with Gasteiger partial charge in [0.1, 0.15) is 0 Å². The van der Waals surface area contributed by atoms with E-state index in [4.69, 9.17) is 0 Å². The van der Waals surface area contributed by atoms with Crippen LogP contribution >= 0.6 is 11.3 Å². The number of rotatable bonds is 6. The first-order valence-electron chi connectivity index (χ1n) is 17.4. The minimum atomic E-state index is 1.11. The lowest BCUT2D eigenvalue weighted by molar-refractivity contribution is 1.18. The second-order valence-electron chi connectivity index (χ2n) is 12.9. The van der Waals surface area contributed by atoms with Gasteiger partial charge < -0.3 is 9.47 Å². The standard InChI is InChI=1S/C48H32N2S/c1-2-14-33(15-3-1)35-16-12-17-37(32-35)49(45-25-13-27-47-48(45)41-21-7-11-26-46(41)51-47)36-30-28-34(29-31-36)38-18-4-8-22-42(38)50-43-23-9-5-19-39(43)40-20-6-10-24-44(40)50/h1-32H. The van der Waals surface area contributed by atoms with E-state index in [9.17, 15) is 0 Å². The third kappa shape index (κ3) is 4.93. The number of hydrogen-bond acceptors (Lipinski definition) is 2. The van der Waals surface area contributed by atoms with Gasteiger partial charge in [-0.1, -0.05) is 133 Å². The molecule has 0 aliphatic rings. The Labute approximate surface area is 300 Å². The molecule has 0 aliphatic carbocycles. The maximum absolute atomic E-state index is 2.43. The van der Waals surface area contributed by atoms with Crippen molar-refractivity contribution in [1.82, 2.24) is 4.57 Å². The van der Waals surface area contributed by atoms with Crippen molar-refractivity contribution in [3.05, 3.63) is 194 Å². The Balaban J connectivity index is 1.15. The van der Waals surface area contributed by atoms with Crippen LogP contribution in [0.25, 0.3) is 69.9 Å². The first-order chi connectivity index (χ1) is 25.3. The fourth-order valence-electron chi connectivity index (χ4n) is 7.71. The van der Waals surface area contributed by atoms with Crippen LogP contribution in [-0.2, 0) is 0 Å².